The Morgan fingerprint density at radius 3 is 2.41 bits per heavy atom. The lowest BCUT2D eigenvalue weighted by Gasteiger charge is -2.39. The first-order chi connectivity index (χ1) is 13.7. The molecule has 1 heterocycles. The van der Waals surface area contributed by atoms with Crippen LogP contribution in [-0.4, -0.2) is 54.2 Å². The Morgan fingerprint density at radius 1 is 1.14 bits per heavy atom. The number of nitrogens with zero attached hydrogens (tertiary/aromatic N) is 2. The average Bonchev–Trinajstić information content (AvgIpc) is 2.73. The maximum atomic E-state index is 13.0. The first-order valence-electron chi connectivity index (χ1n) is 10.9. The maximum absolute atomic E-state index is 13.0. The van der Waals surface area contributed by atoms with Crippen LogP contribution in [-0.2, 0) is 0 Å². The second kappa shape index (κ2) is 12.7. The molecule has 3 N–H and O–H groups in total. The standard InChI is InChI=1S/C22H35FN4O.HI/c1-2-24-22(25-16-21(28)17-8-10-18(23)11-9-17)26-19-12-14-27(15-13-19)20-6-4-3-5-7-20;/h8-11,19-21,28H,2-7,12-16H2,1H3,(H2,24,25,26);1H. The van der Waals surface area contributed by atoms with Crippen LogP contribution < -0.4 is 10.6 Å². The molecule has 7 heteroatoms. The molecule has 1 saturated heterocycles. The Balaban J connectivity index is 0.00000300. The summed E-state index contributed by atoms with van der Waals surface area (Å²) in [4.78, 5) is 7.23. The number of hydrogen-bond donors (Lipinski definition) is 3. The number of piperidine rings is 1. The number of benzene rings is 1. The van der Waals surface area contributed by atoms with E-state index in [-0.39, 0.29) is 36.3 Å². The number of guanidine groups is 1. The molecule has 2 aliphatic rings. The maximum Gasteiger partial charge on any atom is 0.191 e. The first-order valence-corrected chi connectivity index (χ1v) is 10.9. The van der Waals surface area contributed by atoms with E-state index < -0.39 is 6.10 Å². The van der Waals surface area contributed by atoms with Gasteiger partial charge in [-0.3, -0.25) is 4.99 Å². The third kappa shape index (κ3) is 7.68. The van der Waals surface area contributed by atoms with E-state index in [0.29, 0.717) is 11.6 Å². The highest BCUT2D eigenvalue weighted by molar-refractivity contribution is 14.0. The van der Waals surface area contributed by atoms with Crippen LogP contribution in [0.2, 0.25) is 0 Å². The van der Waals surface area contributed by atoms with Gasteiger partial charge in [-0.05, 0) is 50.3 Å². The summed E-state index contributed by atoms with van der Waals surface area (Å²) in [7, 11) is 0. The van der Waals surface area contributed by atoms with Crippen LogP contribution in [0.25, 0.3) is 0 Å². The Labute approximate surface area is 191 Å². The zero-order chi connectivity index (χ0) is 19.8. The van der Waals surface area contributed by atoms with Crippen molar-refractivity contribution in [1.29, 1.82) is 0 Å². The van der Waals surface area contributed by atoms with Crippen molar-refractivity contribution in [2.75, 3.05) is 26.2 Å². The Hall–Kier alpha value is -0.930. The van der Waals surface area contributed by atoms with Crippen LogP contribution in [0.4, 0.5) is 4.39 Å². The summed E-state index contributed by atoms with van der Waals surface area (Å²) in [6.45, 7) is 5.38. The molecule has 0 spiro atoms. The van der Waals surface area contributed by atoms with E-state index in [1.807, 2.05) is 6.92 Å². The molecule has 1 aromatic rings. The number of halogens is 2. The highest BCUT2D eigenvalue weighted by atomic mass is 127. The summed E-state index contributed by atoms with van der Waals surface area (Å²) in [5.41, 5.74) is 0.682. The molecule has 3 rings (SSSR count). The van der Waals surface area contributed by atoms with Crippen molar-refractivity contribution in [3.63, 3.8) is 0 Å². The van der Waals surface area contributed by atoms with Crippen molar-refractivity contribution in [3.8, 4) is 0 Å². The SMILES string of the molecule is CCNC(=NCC(O)c1ccc(F)cc1)NC1CCN(C2CCCCC2)CC1.I. The zero-order valence-corrected chi connectivity index (χ0v) is 19.8. The lowest BCUT2D eigenvalue weighted by atomic mass is 9.92. The molecule has 5 nitrogen and oxygen atoms in total. The smallest absolute Gasteiger partial charge is 0.191 e. The van der Waals surface area contributed by atoms with Gasteiger partial charge in [0.05, 0.1) is 12.6 Å². The molecular formula is C22H36FIN4O. The molecule has 1 aromatic carbocycles. The third-order valence-electron chi connectivity index (χ3n) is 5.98. The van der Waals surface area contributed by atoms with Crippen molar-refractivity contribution in [2.45, 2.75) is 70.1 Å². The Kier molecular flexibility index (Phi) is 10.7. The summed E-state index contributed by atoms with van der Waals surface area (Å²) < 4.78 is 13.0. The van der Waals surface area contributed by atoms with E-state index in [1.165, 1.54) is 44.2 Å². The lowest BCUT2D eigenvalue weighted by molar-refractivity contribution is 0.119. The van der Waals surface area contributed by atoms with Crippen molar-refractivity contribution in [1.82, 2.24) is 15.5 Å². The molecule has 164 valence electrons. The Bertz CT molecular complexity index is 614. The zero-order valence-electron chi connectivity index (χ0n) is 17.4. The number of nitrogens with one attached hydrogen (secondary N) is 2. The van der Waals surface area contributed by atoms with Crippen LogP contribution >= 0.6 is 24.0 Å². The van der Waals surface area contributed by atoms with Gasteiger partial charge in [0.15, 0.2) is 5.96 Å². The van der Waals surface area contributed by atoms with Crippen LogP contribution in [0.3, 0.4) is 0 Å². The molecule has 1 aliphatic heterocycles. The van der Waals surface area contributed by atoms with Gasteiger partial charge in [-0.15, -0.1) is 24.0 Å². The van der Waals surface area contributed by atoms with Crippen LogP contribution in [0.15, 0.2) is 29.3 Å². The fourth-order valence-electron chi connectivity index (χ4n) is 4.34. The summed E-state index contributed by atoms with van der Waals surface area (Å²) in [5, 5.41) is 17.1. The minimum Gasteiger partial charge on any atom is -0.386 e. The second-order valence-corrected chi connectivity index (χ2v) is 8.03. The highest BCUT2D eigenvalue weighted by Gasteiger charge is 2.26. The van der Waals surface area contributed by atoms with Gasteiger partial charge < -0.3 is 20.6 Å². The molecule has 0 amide bonds. The van der Waals surface area contributed by atoms with Crippen LogP contribution in [0, 0.1) is 5.82 Å². The summed E-state index contributed by atoms with van der Waals surface area (Å²) in [6, 6.07) is 7.16. The number of likely N-dealkylation sites (tertiary alicyclic amines) is 1. The summed E-state index contributed by atoms with van der Waals surface area (Å²) in [5.74, 6) is 0.453. The molecule has 1 unspecified atom stereocenters. The quantitative estimate of drug-likeness (QED) is 0.305. The van der Waals surface area contributed by atoms with E-state index >= 15 is 0 Å². The Morgan fingerprint density at radius 2 is 1.79 bits per heavy atom. The van der Waals surface area contributed by atoms with Crippen molar-refractivity contribution in [2.24, 2.45) is 4.99 Å². The summed E-state index contributed by atoms with van der Waals surface area (Å²) in [6.07, 6.45) is 8.42. The molecule has 29 heavy (non-hydrogen) atoms. The van der Waals surface area contributed by atoms with Crippen molar-refractivity contribution >= 4 is 29.9 Å². The van der Waals surface area contributed by atoms with Gasteiger partial charge in [-0.2, -0.15) is 0 Å². The number of aliphatic hydroxyl groups excluding tert-OH is 1. The molecule has 0 bridgehead atoms. The predicted octanol–water partition coefficient (Wildman–Crippen LogP) is 3.83. The van der Waals surface area contributed by atoms with E-state index in [1.54, 1.807) is 12.1 Å². The largest absolute Gasteiger partial charge is 0.386 e. The van der Waals surface area contributed by atoms with Gasteiger partial charge >= 0.3 is 0 Å². The molecule has 0 radical (unpaired) electrons. The van der Waals surface area contributed by atoms with Gasteiger partial charge in [-0.1, -0.05) is 31.4 Å². The van der Waals surface area contributed by atoms with Gasteiger partial charge in [0, 0.05) is 31.7 Å². The van der Waals surface area contributed by atoms with Gasteiger partial charge in [0.1, 0.15) is 5.82 Å². The molecule has 0 aromatic heterocycles. The molecular weight excluding hydrogens is 482 g/mol. The molecule has 1 atom stereocenters. The van der Waals surface area contributed by atoms with Crippen LogP contribution in [0.5, 0.6) is 0 Å². The predicted molar refractivity (Wildman–Crippen MR) is 127 cm³/mol. The highest BCUT2D eigenvalue weighted by Crippen LogP contribution is 2.25. The topological polar surface area (TPSA) is 59.9 Å². The van der Waals surface area contributed by atoms with Crippen LogP contribution in [0.1, 0.15) is 63.5 Å². The van der Waals surface area contributed by atoms with Gasteiger partial charge in [0.25, 0.3) is 0 Å². The van der Waals surface area contributed by atoms with E-state index in [4.69, 9.17) is 0 Å². The monoisotopic (exact) mass is 518 g/mol. The van der Waals surface area contributed by atoms with E-state index in [0.717, 1.165) is 44.5 Å². The number of hydrogen-bond acceptors (Lipinski definition) is 3. The van der Waals surface area contributed by atoms with Crippen molar-refractivity contribution in [3.05, 3.63) is 35.6 Å². The normalized spacial score (nSPS) is 20.7. The summed E-state index contributed by atoms with van der Waals surface area (Å²) >= 11 is 0. The van der Waals surface area contributed by atoms with E-state index in [9.17, 15) is 9.50 Å². The van der Waals surface area contributed by atoms with E-state index in [2.05, 4.69) is 20.5 Å². The number of aliphatic hydroxyl groups is 1. The van der Waals surface area contributed by atoms with Crippen molar-refractivity contribution < 1.29 is 9.50 Å². The van der Waals surface area contributed by atoms with Gasteiger partial charge in [0.2, 0.25) is 0 Å². The average molecular weight is 518 g/mol. The molecule has 1 aliphatic carbocycles. The minimum atomic E-state index is -0.732. The lowest BCUT2D eigenvalue weighted by Crippen LogP contribution is -2.51. The molecule has 1 saturated carbocycles. The third-order valence-corrected chi connectivity index (χ3v) is 5.98. The second-order valence-electron chi connectivity index (χ2n) is 8.03. The first kappa shape index (κ1) is 24.3. The molecule has 2 fully saturated rings. The minimum absolute atomic E-state index is 0. The fourth-order valence-corrected chi connectivity index (χ4v) is 4.34. The van der Waals surface area contributed by atoms with Gasteiger partial charge in [-0.25, -0.2) is 4.39 Å². The fraction of sp³-hybridized carbons (Fsp3) is 0.682. The number of aliphatic imine (C=N–C) groups is 1. The number of rotatable bonds is 6.